The summed E-state index contributed by atoms with van der Waals surface area (Å²) in [6.45, 7) is 2.07. The first-order chi connectivity index (χ1) is 9.04. The lowest BCUT2D eigenvalue weighted by atomic mass is 10.2. The standard InChI is InChI=1S/C13H17N3O2S/c1-10(9-14-2)19(17,18)16-13-7-3-6-12-11(13)5-4-8-15-12/h3-8,10,14,16H,9H2,1-2H3. The van der Waals surface area contributed by atoms with Crippen LogP contribution in [0.4, 0.5) is 5.69 Å². The molecule has 2 rings (SSSR count). The SMILES string of the molecule is CNCC(C)S(=O)(=O)Nc1cccc2ncccc12. The predicted molar refractivity (Wildman–Crippen MR) is 77.7 cm³/mol. The highest BCUT2D eigenvalue weighted by Gasteiger charge is 2.20. The van der Waals surface area contributed by atoms with Crippen molar-refractivity contribution in [3.63, 3.8) is 0 Å². The van der Waals surface area contributed by atoms with Crippen molar-refractivity contribution in [3.05, 3.63) is 36.5 Å². The number of hydrogen-bond acceptors (Lipinski definition) is 4. The zero-order chi connectivity index (χ0) is 13.9. The van der Waals surface area contributed by atoms with Crippen LogP contribution < -0.4 is 10.0 Å². The minimum absolute atomic E-state index is 0.401. The maximum absolute atomic E-state index is 12.2. The maximum Gasteiger partial charge on any atom is 0.236 e. The molecule has 1 atom stereocenters. The molecule has 1 heterocycles. The molecule has 0 saturated carbocycles. The van der Waals surface area contributed by atoms with Gasteiger partial charge in [-0.1, -0.05) is 6.07 Å². The Morgan fingerprint density at radius 2 is 2.05 bits per heavy atom. The van der Waals surface area contributed by atoms with Gasteiger partial charge in [-0.2, -0.15) is 0 Å². The molecule has 2 aromatic rings. The topological polar surface area (TPSA) is 71.1 Å². The second-order valence-electron chi connectivity index (χ2n) is 4.39. The first kappa shape index (κ1) is 13.8. The molecule has 0 amide bonds. The number of hydrogen-bond donors (Lipinski definition) is 2. The average molecular weight is 279 g/mol. The quantitative estimate of drug-likeness (QED) is 0.872. The van der Waals surface area contributed by atoms with Crippen molar-refractivity contribution in [2.24, 2.45) is 0 Å². The van der Waals surface area contributed by atoms with Crippen LogP contribution in [-0.2, 0) is 10.0 Å². The van der Waals surface area contributed by atoms with Gasteiger partial charge in [0, 0.05) is 18.1 Å². The molecule has 1 aromatic heterocycles. The molecule has 102 valence electrons. The van der Waals surface area contributed by atoms with Gasteiger partial charge >= 0.3 is 0 Å². The molecular formula is C13H17N3O2S. The predicted octanol–water partition coefficient (Wildman–Crippen LogP) is 1.58. The van der Waals surface area contributed by atoms with Gasteiger partial charge in [-0.05, 0) is 38.2 Å². The lowest BCUT2D eigenvalue weighted by Gasteiger charge is -2.15. The van der Waals surface area contributed by atoms with Crippen LogP contribution in [0.2, 0.25) is 0 Å². The van der Waals surface area contributed by atoms with Gasteiger partial charge in [0.2, 0.25) is 10.0 Å². The third-order valence-electron chi connectivity index (χ3n) is 2.92. The number of sulfonamides is 1. The van der Waals surface area contributed by atoms with Gasteiger partial charge in [0.1, 0.15) is 0 Å². The van der Waals surface area contributed by atoms with E-state index in [2.05, 4.69) is 15.0 Å². The van der Waals surface area contributed by atoms with Gasteiger partial charge in [-0.25, -0.2) is 8.42 Å². The van der Waals surface area contributed by atoms with E-state index in [0.717, 1.165) is 10.9 Å². The number of aromatic nitrogens is 1. The van der Waals surface area contributed by atoms with Crippen LogP contribution in [-0.4, -0.2) is 32.2 Å². The van der Waals surface area contributed by atoms with Crippen LogP contribution >= 0.6 is 0 Å². The Morgan fingerprint density at radius 1 is 1.26 bits per heavy atom. The zero-order valence-corrected chi connectivity index (χ0v) is 11.7. The average Bonchev–Trinajstić information content (AvgIpc) is 2.39. The van der Waals surface area contributed by atoms with Crippen molar-refractivity contribution >= 4 is 26.6 Å². The van der Waals surface area contributed by atoms with Crippen molar-refractivity contribution in [1.29, 1.82) is 0 Å². The summed E-state index contributed by atoms with van der Waals surface area (Å²) in [5, 5.41) is 3.15. The van der Waals surface area contributed by atoms with Crippen molar-refractivity contribution in [2.45, 2.75) is 12.2 Å². The smallest absolute Gasteiger partial charge is 0.236 e. The van der Waals surface area contributed by atoms with Crippen LogP contribution in [0.5, 0.6) is 0 Å². The van der Waals surface area contributed by atoms with E-state index in [1.165, 1.54) is 0 Å². The molecule has 0 bridgehead atoms. The van der Waals surface area contributed by atoms with Crippen molar-refractivity contribution in [2.75, 3.05) is 18.3 Å². The summed E-state index contributed by atoms with van der Waals surface area (Å²) in [4.78, 5) is 4.21. The maximum atomic E-state index is 12.2. The second-order valence-corrected chi connectivity index (χ2v) is 6.49. The van der Waals surface area contributed by atoms with Crippen LogP contribution in [0.3, 0.4) is 0 Å². The Bertz CT molecular complexity index is 665. The zero-order valence-electron chi connectivity index (χ0n) is 10.9. The van der Waals surface area contributed by atoms with E-state index in [1.807, 2.05) is 12.1 Å². The fourth-order valence-electron chi connectivity index (χ4n) is 1.84. The first-order valence-electron chi connectivity index (χ1n) is 6.04. The normalized spacial score (nSPS) is 13.4. The van der Waals surface area contributed by atoms with E-state index in [1.54, 1.807) is 38.4 Å². The molecule has 0 saturated heterocycles. The van der Waals surface area contributed by atoms with E-state index >= 15 is 0 Å². The summed E-state index contributed by atoms with van der Waals surface area (Å²) in [6.07, 6.45) is 1.68. The lowest BCUT2D eigenvalue weighted by molar-refractivity contribution is 0.584. The minimum Gasteiger partial charge on any atom is -0.318 e. The summed E-state index contributed by atoms with van der Waals surface area (Å²) in [6, 6.07) is 9.02. The largest absolute Gasteiger partial charge is 0.318 e. The molecule has 0 fully saturated rings. The molecule has 0 radical (unpaired) electrons. The van der Waals surface area contributed by atoms with Gasteiger partial charge in [0.05, 0.1) is 16.5 Å². The fraction of sp³-hybridized carbons (Fsp3) is 0.308. The molecule has 1 unspecified atom stereocenters. The molecule has 1 aromatic carbocycles. The summed E-state index contributed by atoms with van der Waals surface area (Å²) in [7, 11) is -1.68. The Kier molecular flexibility index (Phi) is 4.01. The van der Waals surface area contributed by atoms with Gasteiger partial charge < -0.3 is 5.32 Å². The van der Waals surface area contributed by atoms with E-state index in [4.69, 9.17) is 0 Å². The summed E-state index contributed by atoms with van der Waals surface area (Å²) in [5.41, 5.74) is 1.33. The summed E-state index contributed by atoms with van der Waals surface area (Å²) >= 11 is 0. The molecule has 19 heavy (non-hydrogen) atoms. The highest BCUT2D eigenvalue weighted by molar-refractivity contribution is 7.93. The first-order valence-corrected chi connectivity index (χ1v) is 7.59. The minimum atomic E-state index is -3.41. The molecule has 5 nitrogen and oxygen atoms in total. The molecule has 0 aliphatic rings. The van der Waals surface area contributed by atoms with Gasteiger partial charge in [-0.15, -0.1) is 0 Å². The molecule has 6 heteroatoms. The number of rotatable bonds is 5. The fourth-order valence-corrected chi connectivity index (χ4v) is 2.92. The van der Waals surface area contributed by atoms with Crippen molar-refractivity contribution in [3.8, 4) is 0 Å². The second kappa shape index (κ2) is 5.54. The highest BCUT2D eigenvalue weighted by Crippen LogP contribution is 2.23. The number of nitrogens with one attached hydrogen (secondary N) is 2. The third-order valence-corrected chi connectivity index (χ3v) is 4.65. The Hall–Kier alpha value is -1.66. The molecule has 0 aliphatic heterocycles. The Morgan fingerprint density at radius 3 is 2.79 bits per heavy atom. The van der Waals surface area contributed by atoms with E-state index in [0.29, 0.717) is 12.2 Å². The monoisotopic (exact) mass is 279 g/mol. The Balaban J connectivity index is 2.36. The van der Waals surface area contributed by atoms with Gasteiger partial charge in [-0.3, -0.25) is 9.71 Å². The number of pyridine rings is 1. The highest BCUT2D eigenvalue weighted by atomic mass is 32.2. The van der Waals surface area contributed by atoms with E-state index in [9.17, 15) is 8.42 Å². The lowest BCUT2D eigenvalue weighted by Crippen LogP contribution is -2.33. The van der Waals surface area contributed by atoms with Crippen molar-refractivity contribution < 1.29 is 8.42 Å². The number of anilines is 1. The number of fused-ring (bicyclic) bond motifs is 1. The molecule has 0 aliphatic carbocycles. The third kappa shape index (κ3) is 3.02. The van der Waals surface area contributed by atoms with Gasteiger partial charge in [0.25, 0.3) is 0 Å². The molecule has 2 N–H and O–H groups in total. The van der Waals surface area contributed by atoms with E-state index < -0.39 is 15.3 Å². The van der Waals surface area contributed by atoms with Crippen LogP contribution in [0.1, 0.15) is 6.92 Å². The number of nitrogens with zero attached hydrogens (tertiary/aromatic N) is 1. The van der Waals surface area contributed by atoms with Crippen molar-refractivity contribution in [1.82, 2.24) is 10.3 Å². The summed E-state index contributed by atoms with van der Waals surface area (Å²) < 4.78 is 27.0. The van der Waals surface area contributed by atoms with Crippen LogP contribution in [0.25, 0.3) is 10.9 Å². The molecular weight excluding hydrogens is 262 g/mol. The summed E-state index contributed by atoms with van der Waals surface area (Å²) in [5.74, 6) is 0. The Labute approximate surface area is 113 Å². The van der Waals surface area contributed by atoms with E-state index in [-0.39, 0.29) is 0 Å². The van der Waals surface area contributed by atoms with Crippen LogP contribution in [0.15, 0.2) is 36.5 Å². The van der Waals surface area contributed by atoms with Crippen LogP contribution in [0, 0.1) is 0 Å². The molecule has 0 spiro atoms. The van der Waals surface area contributed by atoms with Gasteiger partial charge in [0.15, 0.2) is 0 Å². The number of benzene rings is 1.